The van der Waals surface area contributed by atoms with Crippen molar-refractivity contribution in [1.29, 1.82) is 0 Å². The van der Waals surface area contributed by atoms with Crippen LogP contribution in [0.3, 0.4) is 0 Å². The molecule has 0 aliphatic carbocycles. The molecule has 0 radical (unpaired) electrons. The van der Waals surface area contributed by atoms with E-state index in [1.807, 2.05) is 53.2 Å². The van der Waals surface area contributed by atoms with Gasteiger partial charge in [0.25, 0.3) is 0 Å². The molecule has 0 atom stereocenters. The molecule has 0 saturated heterocycles. The van der Waals surface area contributed by atoms with Crippen molar-refractivity contribution < 1.29 is 4.79 Å². The van der Waals surface area contributed by atoms with Crippen LogP contribution >= 0.6 is 22.7 Å². The normalized spacial score (nSPS) is 9.92. The van der Waals surface area contributed by atoms with Gasteiger partial charge in [0.15, 0.2) is 0 Å². The minimum absolute atomic E-state index is 0.00775. The Morgan fingerprint density at radius 3 is 2.68 bits per heavy atom. The average molecular weight is 367 g/mol. The van der Waals surface area contributed by atoms with Crippen molar-refractivity contribution >= 4 is 34.3 Å². The lowest BCUT2D eigenvalue weighted by Gasteiger charge is -2.07. The van der Waals surface area contributed by atoms with E-state index in [1.165, 1.54) is 4.88 Å². The highest BCUT2D eigenvalue weighted by Gasteiger charge is 2.02. The monoisotopic (exact) mass is 366 g/mol. The first-order valence-electron chi connectivity index (χ1n) is 7.98. The van der Waals surface area contributed by atoms with Crippen LogP contribution in [0.1, 0.15) is 15.3 Å². The van der Waals surface area contributed by atoms with Crippen molar-refractivity contribution in [2.45, 2.75) is 6.42 Å². The number of hydrogen-bond acceptors (Lipinski definition) is 4. The fraction of sp³-hybridized carbons (Fsp3) is 0.150. The quantitative estimate of drug-likeness (QED) is 0.648. The Morgan fingerprint density at radius 2 is 1.88 bits per heavy atom. The molecule has 0 aliphatic heterocycles. The van der Waals surface area contributed by atoms with E-state index in [4.69, 9.17) is 0 Å². The highest BCUT2D eigenvalue weighted by atomic mass is 32.1. The molecule has 0 aliphatic rings. The highest BCUT2D eigenvalue weighted by Crippen LogP contribution is 2.11. The third kappa shape index (κ3) is 5.79. The van der Waals surface area contributed by atoms with Gasteiger partial charge in [0.2, 0.25) is 5.91 Å². The first kappa shape index (κ1) is 17.3. The molecule has 0 bridgehead atoms. The molecule has 0 unspecified atom stereocenters. The highest BCUT2D eigenvalue weighted by molar-refractivity contribution is 7.10. The van der Waals surface area contributed by atoms with E-state index in [0.29, 0.717) is 6.54 Å². The van der Waals surface area contributed by atoms with E-state index < -0.39 is 0 Å². The summed E-state index contributed by atoms with van der Waals surface area (Å²) in [5, 5.41) is 10.1. The van der Waals surface area contributed by atoms with Gasteiger partial charge in [0, 0.05) is 22.7 Å². The van der Waals surface area contributed by atoms with Crippen molar-refractivity contribution in [1.82, 2.24) is 5.32 Å². The second-order valence-corrected chi connectivity index (χ2v) is 7.32. The van der Waals surface area contributed by atoms with Crippen LogP contribution < -0.4 is 10.6 Å². The number of rotatable bonds is 6. The summed E-state index contributed by atoms with van der Waals surface area (Å²) in [6.07, 6.45) is 0.872. The van der Waals surface area contributed by atoms with Crippen molar-refractivity contribution in [2.75, 3.05) is 18.4 Å². The van der Waals surface area contributed by atoms with Crippen LogP contribution in [0, 0.1) is 11.8 Å². The summed E-state index contributed by atoms with van der Waals surface area (Å²) in [4.78, 5) is 14.2. The van der Waals surface area contributed by atoms with Gasteiger partial charge in [-0.25, -0.2) is 0 Å². The Labute approximate surface area is 155 Å². The zero-order valence-corrected chi connectivity index (χ0v) is 15.3. The maximum atomic E-state index is 11.9. The maximum Gasteiger partial charge on any atom is 0.239 e. The Kier molecular flexibility index (Phi) is 6.27. The topological polar surface area (TPSA) is 41.1 Å². The number of carbonyl (C=O) groups is 1. The lowest BCUT2D eigenvalue weighted by atomic mass is 10.2. The molecule has 0 saturated carbocycles. The van der Waals surface area contributed by atoms with Gasteiger partial charge in [-0.3, -0.25) is 4.79 Å². The molecule has 2 aromatic heterocycles. The van der Waals surface area contributed by atoms with E-state index in [-0.39, 0.29) is 12.5 Å². The van der Waals surface area contributed by atoms with Gasteiger partial charge in [-0.05, 0) is 47.5 Å². The number of thiophene rings is 2. The summed E-state index contributed by atoms with van der Waals surface area (Å²) in [6, 6.07) is 15.9. The molecule has 0 spiro atoms. The van der Waals surface area contributed by atoms with Gasteiger partial charge in [-0.2, -0.15) is 0 Å². The summed E-state index contributed by atoms with van der Waals surface area (Å²) in [7, 11) is 0. The standard InChI is InChI=1S/C20H18N2OS2/c23-20(21-11-10-19-7-3-13-25-19)15-22-17-5-1-4-16(14-17)8-9-18-6-2-12-24-18/h1-7,12-14,22H,10-11,15H2,(H,21,23). The number of anilines is 1. The second kappa shape index (κ2) is 9.07. The van der Waals surface area contributed by atoms with Crippen molar-refractivity contribution in [3.8, 4) is 11.8 Å². The van der Waals surface area contributed by atoms with Crippen LogP contribution in [0.25, 0.3) is 0 Å². The lowest BCUT2D eigenvalue weighted by Crippen LogP contribution is -2.31. The Balaban J connectivity index is 1.46. The minimum Gasteiger partial charge on any atom is -0.376 e. The van der Waals surface area contributed by atoms with Gasteiger partial charge in [-0.1, -0.05) is 30.0 Å². The van der Waals surface area contributed by atoms with Gasteiger partial charge in [-0.15, -0.1) is 22.7 Å². The van der Waals surface area contributed by atoms with E-state index in [9.17, 15) is 4.79 Å². The first-order chi connectivity index (χ1) is 12.3. The molecule has 1 amide bonds. The van der Waals surface area contributed by atoms with Gasteiger partial charge >= 0.3 is 0 Å². The Hall–Kier alpha value is -2.55. The molecular formula is C20H18N2OS2. The fourth-order valence-corrected chi connectivity index (χ4v) is 3.49. The molecule has 3 nitrogen and oxygen atoms in total. The van der Waals surface area contributed by atoms with Gasteiger partial charge < -0.3 is 10.6 Å². The zero-order valence-electron chi connectivity index (χ0n) is 13.6. The maximum absolute atomic E-state index is 11.9. The lowest BCUT2D eigenvalue weighted by molar-refractivity contribution is -0.119. The SMILES string of the molecule is O=C(CNc1cccc(C#Cc2cccs2)c1)NCCc1cccs1. The number of carbonyl (C=O) groups excluding carboxylic acids is 1. The molecule has 126 valence electrons. The number of benzene rings is 1. The summed E-state index contributed by atoms with van der Waals surface area (Å²) in [6.45, 7) is 0.916. The zero-order chi connectivity index (χ0) is 17.3. The molecule has 2 N–H and O–H groups in total. The second-order valence-electron chi connectivity index (χ2n) is 5.34. The average Bonchev–Trinajstić information content (AvgIpc) is 3.32. The van der Waals surface area contributed by atoms with Crippen LogP contribution in [0.15, 0.2) is 59.3 Å². The number of nitrogens with one attached hydrogen (secondary N) is 2. The Morgan fingerprint density at radius 1 is 1.00 bits per heavy atom. The van der Waals surface area contributed by atoms with Crippen LogP contribution in [-0.4, -0.2) is 19.0 Å². The van der Waals surface area contributed by atoms with E-state index >= 15 is 0 Å². The van der Waals surface area contributed by atoms with Crippen LogP contribution in [0.5, 0.6) is 0 Å². The van der Waals surface area contributed by atoms with Gasteiger partial charge in [0.05, 0.1) is 11.4 Å². The van der Waals surface area contributed by atoms with Crippen LogP contribution in [0.4, 0.5) is 5.69 Å². The molecule has 1 aromatic carbocycles. The van der Waals surface area contributed by atoms with Crippen LogP contribution in [-0.2, 0) is 11.2 Å². The predicted octanol–water partition coefficient (Wildman–Crippen LogP) is 3.98. The van der Waals surface area contributed by atoms with Crippen molar-refractivity contribution in [3.63, 3.8) is 0 Å². The molecular weight excluding hydrogens is 348 g/mol. The number of hydrogen-bond donors (Lipinski definition) is 2. The first-order valence-corrected chi connectivity index (χ1v) is 9.74. The third-order valence-electron chi connectivity index (χ3n) is 3.44. The van der Waals surface area contributed by atoms with Crippen molar-refractivity contribution in [3.05, 3.63) is 74.6 Å². The fourth-order valence-electron chi connectivity index (χ4n) is 2.22. The summed E-state index contributed by atoms with van der Waals surface area (Å²) < 4.78 is 0. The van der Waals surface area contributed by atoms with Crippen LogP contribution in [0.2, 0.25) is 0 Å². The van der Waals surface area contributed by atoms with Gasteiger partial charge in [0.1, 0.15) is 0 Å². The van der Waals surface area contributed by atoms with E-state index in [1.54, 1.807) is 22.7 Å². The smallest absolute Gasteiger partial charge is 0.239 e. The summed E-state index contributed by atoms with van der Waals surface area (Å²) in [5.74, 6) is 6.27. The molecule has 2 heterocycles. The van der Waals surface area contributed by atoms with E-state index in [2.05, 4.69) is 28.5 Å². The minimum atomic E-state index is -0.00775. The summed E-state index contributed by atoms with van der Waals surface area (Å²) >= 11 is 3.34. The third-order valence-corrected chi connectivity index (χ3v) is 5.16. The molecule has 3 aromatic rings. The molecule has 25 heavy (non-hydrogen) atoms. The largest absolute Gasteiger partial charge is 0.376 e. The molecule has 0 fully saturated rings. The predicted molar refractivity (Wildman–Crippen MR) is 106 cm³/mol. The van der Waals surface area contributed by atoms with E-state index in [0.717, 1.165) is 22.5 Å². The Bertz CT molecular complexity index is 859. The molecule has 5 heteroatoms. The molecule has 3 rings (SSSR count). The number of amides is 1. The van der Waals surface area contributed by atoms with Crippen molar-refractivity contribution in [2.24, 2.45) is 0 Å². The summed E-state index contributed by atoms with van der Waals surface area (Å²) in [5.41, 5.74) is 1.82.